The van der Waals surface area contributed by atoms with Gasteiger partial charge in [-0.05, 0) is 36.8 Å². The zero-order valence-electron chi connectivity index (χ0n) is 80.8. The lowest BCUT2D eigenvalue weighted by Gasteiger charge is -2.30. The van der Waals surface area contributed by atoms with Crippen LogP contribution in [0.15, 0.2) is 48.7 Å². The lowest BCUT2D eigenvalue weighted by Crippen LogP contribution is -2.44. The van der Waals surface area contributed by atoms with Crippen molar-refractivity contribution in [3.05, 3.63) is 29.8 Å². The van der Waals surface area contributed by atoms with Crippen molar-refractivity contribution in [2.75, 3.05) is 365 Å². The summed E-state index contributed by atoms with van der Waals surface area (Å²) in [6.45, 7) is 7.66. The minimum Gasteiger partial charge on any atom is -0.386 e. The van der Waals surface area contributed by atoms with E-state index in [1.165, 1.54) is 81.1 Å². The number of aryl methyl sites for hydroxylation is 1. The summed E-state index contributed by atoms with van der Waals surface area (Å²) in [4.78, 5) is 21.5. The minimum atomic E-state index is -0.809. The van der Waals surface area contributed by atoms with Crippen molar-refractivity contribution in [2.45, 2.75) is 92.4 Å². The topological polar surface area (TPSA) is 301 Å². The summed E-state index contributed by atoms with van der Waals surface area (Å²) in [5.41, 5.74) is 8.73. The van der Waals surface area contributed by atoms with Crippen molar-refractivity contribution >= 4 is 152 Å². The number of likely N-dealkylation sites (N-methyl/N-ethyl adjacent to an activating group) is 10. The molecule has 0 aliphatic rings. The summed E-state index contributed by atoms with van der Waals surface area (Å²) in [7, 11) is 61.8. The Balaban J connectivity index is 1.70. The molecule has 0 aliphatic carbocycles. The number of rotatable bonds is 53. The summed E-state index contributed by atoms with van der Waals surface area (Å²) in [6.07, 6.45) is -7.50. The molecule has 7 rings (SSSR count). The van der Waals surface area contributed by atoms with Crippen LogP contribution >= 0.6 is 92.8 Å². The average molecular weight is 1890 g/mol. The number of fused-ring (bicyclic) bond motifs is 3. The second kappa shape index (κ2) is 43.9. The largest absolute Gasteiger partial charge is 0.386 e. The van der Waals surface area contributed by atoms with Crippen LogP contribution in [-0.2, 0) is 0 Å². The fourth-order valence-corrected chi connectivity index (χ4v) is 24.3. The van der Waals surface area contributed by atoms with Gasteiger partial charge >= 0.3 is 0 Å². The molecule has 3 aromatic heterocycles. The predicted molar refractivity (Wildman–Crippen MR) is 532 cm³/mol. The number of nitrogens with zero attached hydrogens (tertiary/aromatic N) is 13. The molecule has 7 aromatic rings. The quantitative estimate of drug-likeness (QED) is 0.0135. The third-order valence-electron chi connectivity index (χ3n) is 19.3. The highest BCUT2D eigenvalue weighted by molar-refractivity contribution is 8.01. The molecular formula is C88H162N18O10S8+10. The Kier molecular flexibility index (Phi) is 38.1. The highest BCUT2D eigenvalue weighted by Gasteiger charge is 2.35. The van der Waals surface area contributed by atoms with Gasteiger partial charge in [0, 0.05) is 97.8 Å². The number of aliphatic hydroxyl groups excluding tert-OH is 10. The number of nitrogens with one attached hydrogen (secondary N) is 5. The van der Waals surface area contributed by atoms with Crippen LogP contribution in [-0.4, -0.2) is 510 Å². The van der Waals surface area contributed by atoms with Gasteiger partial charge in [0.15, 0.2) is 0 Å². The summed E-state index contributed by atoms with van der Waals surface area (Å²) < 4.78 is 7.67. The van der Waals surface area contributed by atoms with E-state index in [-0.39, 0.29) is 44.2 Å². The SMILES string of the molecule is Cc1cc(SCC(O)C[N+](C)(C)C)c2nc(-c3cc(NCC(O)C[N+](C)(C)C)c4sc(-c5cc(NCC(O)C[N+](C)(C)C)c6sc(-c7cc(NCC(O)C[N+](C)(C)C)c(SCC(O)C[N+](C)(C)C)c(NCC(O)C[N+](C)(C)C)c7SCC(O)C[N+](C)(C)C)nc6c5SCC(O)C[N+](C)(C)C)nc4c3SCC(O)C[N+](C)(C)C)sc2c1NCC(O)C[N+](C)(C)C. The molecule has 0 amide bonds. The predicted octanol–water partition coefficient (Wildman–Crippen LogP) is 7.02. The molecule has 36 heteroatoms. The van der Waals surface area contributed by atoms with Crippen molar-refractivity contribution in [1.82, 2.24) is 15.0 Å². The van der Waals surface area contributed by atoms with Gasteiger partial charge in [0.05, 0.1) is 275 Å². The Morgan fingerprint density at radius 3 is 0.815 bits per heavy atom. The van der Waals surface area contributed by atoms with E-state index in [2.05, 4.69) is 227 Å². The summed E-state index contributed by atoms with van der Waals surface area (Å²) >= 11 is 12.1. The number of hydrogen-bond acceptors (Lipinski definition) is 26. The smallest absolute Gasteiger partial charge is 0.126 e. The Labute approximate surface area is 775 Å². The second-order valence-electron chi connectivity index (χ2n) is 44.5. The standard InChI is InChI=1S/C88H162N18O10S8/c1-56-32-73(117-51-62(112)46-102(17,18)19)75-85(74(56)92-39-60(110)44-100(11,12)13)124-86(94-75)68-34-71(90-37-58(108)42-98(5,6)7)84-77(80(68)119-53-64(114)48-104(23,24)25)96-88(123-84)69-35-72(91-38-59(109)43-99(8,9)10)83-78(81(69)120-54-65(115)49-105(26,27)28)95-87(122-83)67-33-70(89-36-57(107)41-97(2,3)4)82(121-55-66(116)50-106(29,30)31)76(93-40-61(111)45-101(14,15)16)79(67)118-52-63(113)47-103(20,21)22/h32-35,57-66,89-93,107-116H,36-55H2,1-31H3/q+10. The molecule has 0 saturated carbocycles. The Hall–Kier alpha value is -3.50. The van der Waals surface area contributed by atoms with Crippen molar-refractivity contribution in [2.24, 2.45) is 0 Å². The van der Waals surface area contributed by atoms with E-state index >= 15 is 0 Å². The first kappa shape index (κ1) is 108. The lowest BCUT2D eigenvalue weighted by molar-refractivity contribution is -0.873. The van der Waals surface area contributed by atoms with E-state index in [0.29, 0.717) is 187 Å². The number of quaternary nitrogens is 10. The average Bonchev–Trinajstić information content (AvgIpc) is 1.58. The molecule has 0 fully saturated rings. The molecular weight excluding hydrogens is 1730 g/mol. The van der Waals surface area contributed by atoms with Crippen molar-refractivity contribution in [3.8, 4) is 31.7 Å². The van der Waals surface area contributed by atoms with Crippen LogP contribution in [0.5, 0.6) is 0 Å². The van der Waals surface area contributed by atoms with Gasteiger partial charge in [0.2, 0.25) is 0 Å². The van der Waals surface area contributed by atoms with Gasteiger partial charge in [-0.3, -0.25) is 0 Å². The summed E-state index contributed by atoms with van der Waals surface area (Å²) in [5, 5.41) is 141. The highest BCUT2D eigenvalue weighted by atomic mass is 32.2. The fourth-order valence-electron chi connectivity index (χ4n) is 15.2. The Morgan fingerprint density at radius 2 is 0.500 bits per heavy atom. The number of aromatic nitrogens is 3. The van der Waals surface area contributed by atoms with Gasteiger partial charge in [-0.2, -0.15) is 0 Å². The molecule has 10 unspecified atom stereocenters. The van der Waals surface area contributed by atoms with Crippen molar-refractivity contribution in [1.29, 1.82) is 0 Å². The van der Waals surface area contributed by atoms with Crippen LogP contribution in [0.25, 0.3) is 62.4 Å². The third kappa shape index (κ3) is 36.2. The van der Waals surface area contributed by atoms with Gasteiger partial charge in [-0.1, -0.05) is 0 Å². The monoisotopic (exact) mass is 1890 g/mol. The molecule has 10 atom stereocenters. The molecule has 28 nitrogen and oxygen atoms in total. The summed E-state index contributed by atoms with van der Waals surface area (Å²) in [5.74, 6) is 1.57. The minimum absolute atomic E-state index is 0.149. The fraction of sp³-hybridized carbons (Fsp3) is 0.693. The van der Waals surface area contributed by atoms with Crippen LogP contribution in [0.2, 0.25) is 0 Å². The van der Waals surface area contributed by atoms with Crippen LogP contribution in [0.4, 0.5) is 28.4 Å². The first-order chi connectivity index (χ1) is 56.6. The van der Waals surface area contributed by atoms with Gasteiger partial charge in [0.1, 0.15) is 142 Å². The molecule has 0 spiro atoms. The zero-order chi connectivity index (χ0) is 93.3. The first-order valence-electron chi connectivity index (χ1n) is 42.9. The first-order valence-corrected chi connectivity index (χ1v) is 50.3. The molecule has 0 bridgehead atoms. The number of thioether (sulfide) groups is 5. The van der Waals surface area contributed by atoms with E-state index in [0.717, 1.165) is 60.9 Å². The normalized spacial score (nSPS) is 15.9. The number of benzene rings is 4. The maximum absolute atomic E-state index is 12.4. The van der Waals surface area contributed by atoms with Gasteiger partial charge in [-0.15, -0.1) is 92.8 Å². The number of anilines is 5. The maximum Gasteiger partial charge on any atom is 0.126 e. The molecule has 0 aliphatic heterocycles. The van der Waals surface area contributed by atoms with Crippen LogP contribution in [0.3, 0.4) is 0 Å². The van der Waals surface area contributed by atoms with Crippen LogP contribution in [0.1, 0.15) is 5.56 Å². The molecule has 4 aromatic carbocycles. The van der Waals surface area contributed by atoms with Gasteiger partial charge < -0.3 is 122 Å². The molecule has 124 heavy (non-hydrogen) atoms. The van der Waals surface area contributed by atoms with E-state index in [9.17, 15) is 51.1 Å². The third-order valence-corrected chi connectivity index (χ3v) is 28.9. The van der Waals surface area contributed by atoms with Crippen LogP contribution < -0.4 is 26.6 Å². The molecule has 3 heterocycles. The lowest BCUT2D eigenvalue weighted by atomic mass is 10.1. The van der Waals surface area contributed by atoms with Crippen LogP contribution in [0, 0.1) is 6.92 Å². The number of hydrogen-bond donors (Lipinski definition) is 15. The molecule has 15 N–H and O–H groups in total. The summed E-state index contributed by atoms with van der Waals surface area (Å²) in [6, 6.07) is 8.47. The number of thiazole rings is 3. The highest BCUT2D eigenvalue weighted by Crippen LogP contribution is 2.54. The van der Waals surface area contributed by atoms with E-state index in [1.807, 2.05) is 42.3 Å². The zero-order valence-corrected chi connectivity index (χ0v) is 87.3. The second-order valence-corrected chi connectivity index (χ2v) is 52.7. The Morgan fingerprint density at radius 1 is 0.266 bits per heavy atom. The van der Waals surface area contributed by atoms with E-state index in [1.54, 1.807) is 11.8 Å². The van der Waals surface area contributed by atoms with Crippen molar-refractivity contribution < 1.29 is 95.9 Å². The molecule has 702 valence electrons. The maximum atomic E-state index is 12.4. The van der Waals surface area contributed by atoms with Gasteiger partial charge in [0.25, 0.3) is 0 Å². The Bertz CT molecular complexity index is 4600. The van der Waals surface area contributed by atoms with Gasteiger partial charge in [-0.25, -0.2) is 15.0 Å². The molecule has 0 saturated heterocycles. The van der Waals surface area contributed by atoms with E-state index < -0.39 is 61.0 Å². The van der Waals surface area contributed by atoms with Crippen molar-refractivity contribution in [3.63, 3.8) is 0 Å². The van der Waals surface area contributed by atoms with E-state index in [4.69, 9.17) is 15.0 Å². The molecule has 0 radical (unpaired) electrons. The number of aliphatic hydroxyl groups is 10.